The van der Waals surface area contributed by atoms with Gasteiger partial charge in [-0.3, -0.25) is 4.79 Å². The minimum Gasteiger partial charge on any atom is -0.497 e. The molecule has 0 bridgehead atoms. The van der Waals surface area contributed by atoms with E-state index in [0.717, 1.165) is 0 Å². The van der Waals surface area contributed by atoms with Crippen LogP contribution in [-0.2, 0) is 10.0 Å². The lowest BCUT2D eigenvalue weighted by Gasteiger charge is -2.21. The van der Waals surface area contributed by atoms with Crippen molar-refractivity contribution in [1.82, 2.24) is 4.31 Å². The number of anilines is 1. The van der Waals surface area contributed by atoms with E-state index in [9.17, 15) is 13.2 Å². The number of nitrogens with one attached hydrogen (secondary N) is 1. The monoisotopic (exact) mass is 426 g/mol. The highest BCUT2D eigenvalue weighted by Gasteiger charge is 2.25. The Labute approximate surface area is 170 Å². The van der Waals surface area contributed by atoms with Gasteiger partial charge < -0.3 is 14.8 Å². The first kappa shape index (κ1) is 22.0. The van der Waals surface area contributed by atoms with Crippen LogP contribution in [0.3, 0.4) is 0 Å². The molecule has 0 spiro atoms. The maximum Gasteiger partial charge on any atom is 0.257 e. The molecule has 0 aliphatic carbocycles. The summed E-state index contributed by atoms with van der Waals surface area (Å²) in [6, 6.07) is 8.69. The minimum absolute atomic E-state index is 0.0125. The van der Waals surface area contributed by atoms with Gasteiger partial charge in [0.15, 0.2) is 0 Å². The molecule has 2 aromatic rings. The first-order valence-corrected chi connectivity index (χ1v) is 10.2. The number of hydrogen-bond acceptors (Lipinski definition) is 5. The Morgan fingerprint density at radius 2 is 1.64 bits per heavy atom. The Morgan fingerprint density at radius 1 is 1.07 bits per heavy atom. The van der Waals surface area contributed by atoms with Gasteiger partial charge in [-0.1, -0.05) is 11.6 Å². The summed E-state index contributed by atoms with van der Waals surface area (Å²) in [5.74, 6) is 0.441. The molecule has 0 fully saturated rings. The van der Waals surface area contributed by atoms with E-state index in [2.05, 4.69) is 5.32 Å². The number of rotatable bonds is 7. The van der Waals surface area contributed by atoms with Crippen LogP contribution in [0.2, 0.25) is 5.02 Å². The SMILES string of the molecule is COc1cc(NC(=O)c2cc(S(=O)(=O)N(C)C(C)C)ccc2Cl)cc(OC)c1. The summed E-state index contributed by atoms with van der Waals surface area (Å²) < 4.78 is 37.0. The lowest BCUT2D eigenvalue weighted by atomic mass is 10.2. The van der Waals surface area contributed by atoms with E-state index in [-0.39, 0.29) is 21.5 Å². The van der Waals surface area contributed by atoms with E-state index in [0.29, 0.717) is 17.2 Å². The summed E-state index contributed by atoms with van der Waals surface area (Å²) in [6.07, 6.45) is 0. The Balaban J connectivity index is 2.39. The lowest BCUT2D eigenvalue weighted by molar-refractivity contribution is 0.102. The van der Waals surface area contributed by atoms with Gasteiger partial charge in [-0.15, -0.1) is 0 Å². The van der Waals surface area contributed by atoms with Gasteiger partial charge in [-0.05, 0) is 32.0 Å². The Morgan fingerprint density at radius 3 is 2.14 bits per heavy atom. The highest BCUT2D eigenvalue weighted by molar-refractivity contribution is 7.89. The number of ether oxygens (including phenoxy) is 2. The molecule has 0 saturated heterocycles. The standard InChI is InChI=1S/C19H23ClN2O5S/c1-12(2)22(3)28(24,25)16-6-7-18(20)17(11-16)19(23)21-13-8-14(26-4)10-15(9-13)27-5/h6-12H,1-5H3,(H,21,23). The zero-order chi connectivity index (χ0) is 21.1. The van der Waals surface area contributed by atoms with Crippen molar-refractivity contribution in [2.75, 3.05) is 26.6 Å². The van der Waals surface area contributed by atoms with Crippen molar-refractivity contribution in [2.24, 2.45) is 0 Å². The zero-order valence-electron chi connectivity index (χ0n) is 16.3. The van der Waals surface area contributed by atoms with Gasteiger partial charge in [0.2, 0.25) is 10.0 Å². The number of benzene rings is 2. The number of hydrogen-bond donors (Lipinski definition) is 1. The second kappa shape index (κ2) is 8.81. The molecule has 0 aliphatic rings. The molecule has 28 heavy (non-hydrogen) atoms. The van der Waals surface area contributed by atoms with Crippen LogP contribution >= 0.6 is 11.6 Å². The third-order valence-corrected chi connectivity index (χ3v) is 6.56. The Hall–Kier alpha value is -2.29. The largest absolute Gasteiger partial charge is 0.497 e. The zero-order valence-corrected chi connectivity index (χ0v) is 17.9. The first-order valence-electron chi connectivity index (χ1n) is 8.42. The number of amides is 1. The average Bonchev–Trinajstić information content (AvgIpc) is 2.66. The van der Waals surface area contributed by atoms with Gasteiger partial charge in [-0.25, -0.2) is 8.42 Å². The molecule has 1 N–H and O–H groups in total. The molecule has 9 heteroatoms. The fourth-order valence-corrected chi connectivity index (χ4v) is 3.96. The summed E-state index contributed by atoms with van der Waals surface area (Å²) in [6.45, 7) is 3.52. The average molecular weight is 427 g/mol. The molecule has 0 aromatic heterocycles. The quantitative estimate of drug-likeness (QED) is 0.730. The first-order chi connectivity index (χ1) is 13.1. The van der Waals surface area contributed by atoms with E-state index in [1.807, 2.05) is 0 Å². The number of sulfonamides is 1. The van der Waals surface area contributed by atoms with Crippen molar-refractivity contribution < 1.29 is 22.7 Å². The third-order valence-electron chi connectivity index (χ3n) is 4.20. The summed E-state index contributed by atoms with van der Waals surface area (Å²) in [7, 11) is 0.726. The van der Waals surface area contributed by atoms with Crippen molar-refractivity contribution >= 4 is 33.2 Å². The summed E-state index contributed by atoms with van der Waals surface area (Å²) >= 11 is 6.15. The predicted octanol–water partition coefficient (Wildman–Crippen LogP) is 3.64. The molecule has 0 radical (unpaired) electrons. The smallest absolute Gasteiger partial charge is 0.257 e. The third kappa shape index (κ3) is 4.76. The van der Waals surface area contributed by atoms with Gasteiger partial charge in [-0.2, -0.15) is 4.31 Å². The van der Waals surface area contributed by atoms with Crippen molar-refractivity contribution in [1.29, 1.82) is 0 Å². The Kier molecular flexibility index (Phi) is 6.92. The van der Waals surface area contributed by atoms with E-state index in [4.69, 9.17) is 21.1 Å². The van der Waals surface area contributed by atoms with E-state index < -0.39 is 15.9 Å². The molecule has 2 rings (SSSR count). The number of methoxy groups -OCH3 is 2. The molecular weight excluding hydrogens is 404 g/mol. The second-order valence-corrected chi connectivity index (χ2v) is 8.72. The van der Waals surface area contributed by atoms with E-state index >= 15 is 0 Å². The maximum absolute atomic E-state index is 12.7. The molecule has 0 atom stereocenters. The van der Waals surface area contributed by atoms with Crippen LogP contribution in [0.15, 0.2) is 41.3 Å². The van der Waals surface area contributed by atoms with Crippen LogP contribution in [0.4, 0.5) is 5.69 Å². The van der Waals surface area contributed by atoms with Crippen molar-refractivity contribution in [2.45, 2.75) is 24.8 Å². The van der Waals surface area contributed by atoms with Crippen LogP contribution in [0.25, 0.3) is 0 Å². The number of nitrogens with zero attached hydrogens (tertiary/aromatic N) is 1. The molecule has 0 heterocycles. The van der Waals surface area contributed by atoms with E-state index in [1.165, 1.54) is 43.8 Å². The van der Waals surface area contributed by atoms with Crippen LogP contribution in [0.1, 0.15) is 24.2 Å². The molecule has 7 nitrogen and oxygen atoms in total. The molecule has 152 valence electrons. The van der Waals surface area contributed by atoms with Crippen molar-refractivity contribution in [3.05, 3.63) is 47.0 Å². The van der Waals surface area contributed by atoms with Crippen LogP contribution < -0.4 is 14.8 Å². The minimum atomic E-state index is -3.75. The van der Waals surface area contributed by atoms with E-state index in [1.54, 1.807) is 32.0 Å². The lowest BCUT2D eigenvalue weighted by Crippen LogP contribution is -2.33. The molecule has 0 saturated carbocycles. The second-order valence-electron chi connectivity index (χ2n) is 6.31. The molecule has 0 aliphatic heterocycles. The number of carbonyl (C=O) groups excluding carboxylic acids is 1. The number of carbonyl (C=O) groups is 1. The van der Waals surface area contributed by atoms with Gasteiger partial charge >= 0.3 is 0 Å². The van der Waals surface area contributed by atoms with Crippen LogP contribution in [0.5, 0.6) is 11.5 Å². The van der Waals surface area contributed by atoms with Gasteiger partial charge in [0.05, 0.1) is 29.7 Å². The maximum atomic E-state index is 12.7. The van der Waals surface area contributed by atoms with Crippen LogP contribution in [-0.4, -0.2) is 45.9 Å². The predicted molar refractivity (Wildman–Crippen MR) is 109 cm³/mol. The highest BCUT2D eigenvalue weighted by Crippen LogP contribution is 2.28. The summed E-state index contributed by atoms with van der Waals surface area (Å²) in [5, 5.41) is 2.82. The fraction of sp³-hybridized carbons (Fsp3) is 0.316. The van der Waals surface area contributed by atoms with Gasteiger partial charge in [0, 0.05) is 37.0 Å². The number of halogens is 1. The highest BCUT2D eigenvalue weighted by atomic mass is 35.5. The summed E-state index contributed by atoms with van der Waals surface area (Å²) in [5.41, 5.74) is 0.464. The fourth-order valence-electron chi connectivity index (χ4n) is 2.36. The van der Waals surface area contributed by atoms with Crippen LogP contribution in [0, 0.1) is 0 Å². The molecule has 0 unspecified atom stereocenters. The normalized spacial score (nSPS) is 11.6. The molecule has 1 amide bonds. The molecule has 2 aromatic carbocycles. The summed E-state index contributed by atoms with van der Waals surface area (Å²) in [4.78, 5) is 12.7. The topological polar surface area (TPSA) is 84.9 Å². The van der Waals surface area contributed by atoms with Crippen molar-refractivity contribution in [3.63, 3.8) is 0 Å². The molecular formula is C19H23ClN2O5S. The van der Waals surface area contributed by atoms with Crippen molar-refractivity contribution in [3.8, 4) is 11.5 Å². The van der Waals surface area contributed by atoms with Gasteiger partial charge in [0.1, 0.15) is 11.5 Å². The Bertz CT molecular complexity index is 954. The van der Waals surface area contributed by atoms with Gasteiger partial charge in [0.25, 0.3) is 5.91 Å².